The van der Waals surface area contributed by atoms with E-state index in [1.165, 1.54) is 0 Å². The van der Waals surface area contributed by atoms with Crippen LogP contribution in [0.3, 0.4) is 0 Å². The van der Waals surface area contributed by atoms with E-state index in [-0.39, 0.29) is 12.5 Å². The largest absolute Gasteiger partial charge is 0.463 e. The van der Waals surface area contributed by atoms with Crippen molar-refractivity contribution >= 4 is 5.97 Å². The van der Waals surface area contributed by atoms with Crippen molar-refractivity contribution in [3.63, 3.8) is 0 Å². The first-order chi connectivity index (χ1) is 7.26. The molecule has 0 spiro atoms. The first-order valence-corrected chi connectivity index (χ1v) is 5.53. The van der Waals surface area contributed by atoms with E-state index in [9.17, 15) is 18.0 Å². The molecule has 0 fully saturated rings. The summed E-state index contributed by atoms with van der Waals surface area (Å²) in [7, 11) is 0. The molecular formula is C11H19F3O2. The fourth-order valence-electron chi connectivity index (χ4n) is 1.36. The molecule has 0 aromatic carbocycles. The van der Waals surface area contributed by atoms with Crippen LogP contribution in [0.5, 0.6) is 0 Å². The van der Waals surface area contributed by atoms with E-state index in [1.54, 1.807) is 13.8 Å². The van der Waals surface area contributed by atoms with Gasteiger partial charge in [-0.25, -0.2) is 0 Å². The number of unbranched alkanes of at least 4 members (excludes halogenated alkanes) is 1. The Balaban J connectivity index is 4.35. The molecule has 1 atom stereocenters. The number of carbonyl (C=O) groups is 1. The maximum Gasteiger partial charge on any atom is 0.389 e. The number of alkyl halides is 3. The van der Waals surface area contributed by atoms with Crippen molar-refractivity contribution in [1.82, 2.24) is 0 Å². The highest BCUT2D eigenvalue weighted by Crippen LogP contribution is 2.28. The molecule has 0 N–H and O–H groups in total. The number of ether oxygens (including phenoxy) is 1. The summed E-state index contributed by atoms with van der Waals surface area (Å²) in [5, 5.41) is 0. The molecule has 0 aliphatic rings. The Bertz CT molecular complexity index is 212. The quantitative estimate of drug-likeness (QED) is 0.662. The van der Waals surface area contributed by atoms with Crippen molar-refractivity contribution in [2.24, 2.45) is 5.92 Å². The van der Waals surface area contributed by atoms with Crippen molar-refractivity contribution in [1.29, 1.82) is 0 Å². The van der Waals surface area contributed by atoms with Gasteiger partial charge in [0.2, 0.25) is 0 Å². The van der Waals surface area contributed by atoms with Gasteiger partial charge in [0.25, 0.3) is 0 Å². The van der Waals surface area contributed by atoms with Crippen LogP contribution in [0.25, 0.3) is 0 Å². The van der Waals surface area contributed by atoms with Gasteiger partial charge in [-0.3, -0.25) is 4.79 Å². The van der Waals surface area contributed by atoms with Gasteiger partial charge in [0.15, 0.2) is 0 Å². The minimum absolute atomic E-state index is 0.238. The molecule has 0 aliphatic heterocycles. The molecule has 5 heteroatoms. The minimum Gasteiger partial charge on any atom is -0.463 e. The fraction of sp³-hybridized carbons (Fsp3) is 0.909. The maximum atomic E-state index is 12.2. The number of halogens is 3. The monoisotopic (exact) mass is 240 g/mol. The number of hydrogen-bond donors (Lipinski definition) is 0. The Morgan fingerprint density at radius 3 is 2.25 bits per heavy atom. The molecule has 0 radical (unpaired) electrons. The van der Waals surface area contributed by atoms with Gasteiger partial charge >= 0.3 is 12.1 Å². The lowest BCUT2D eigenvalue weighted by Gasteiger charge is -2.18. The van der Waals surface area contributed by atoms with Crippen molar-refractivity contribution in [2.45, 2.75) is 58.7 Å². The van der Waals surface area contributed by atoms with Crippen LogP contribution in [0.4, 0.5) is 13.2 Å². The summed E-state index contributed by atoms with van der Waals surface area (Å²) in [4.78, 5) is 11.4. The smallest absolute Gasteiger partial charge is 0.389 e. The van der Waals surface area contributed by atoms with Crippen LogP contribution >= 0.6 is 0 Å². The second-order valence-electron chi connectivity index (χ2n) is 4.14. The molecule has 1 unspecified atom stereocenters. The molecule has 0 saturated carbocycles. The van der Waals surface area contributed by atoms with Gasteiger partial charge in [-0.05, 0) is 20.3 Å². The number of hydrogen-bond acceptors (Lipinski definition) is 2. The number of carbonyl (C=O) groups excluding carboxylic acids is 1. The Kier molecular flexibility index (Phi) is 6.45. The number of esters is 1. The molecule has 0 heterocycles. The van der Waals surface area contributed by atoms with Gasteiger partial charge in [0.05, 0.1) is 18.4 Å². The van der Waals surface area contributed by atoms with Crippen molar-refractivity contribution in [3.8, 4) is 0 Å². The van der Waals surface area contributed by atoms with E-state index in [0.717, 1.165) is 6.42 Å². The minimum atomic E-state index is -4.31. The predicted octanol–water partition coefficient (Wildman–Crippen LogP) is 3.70. The Morgan fingerprint density at radius 1 is 1.31 bits per heavy atom. The molecule has 96 valence electrons. The Morgan fingerprint density at radius 2 is 1.88 bits per heavy atom. The van der Waals surface area contributed by atoms with E-state index < -0.39 is 24.5 Å². The first-order valence-electron chi connectivity index (χ1n) is 5.53. The van der Waals surface area contributed by atoms with E-state index in [0.29, 0.717) is 6.42 Å². The lowest BCUT2D eigenvalue weighted by Crippen LogP contribution is -2.26. The summed E-state index contributed by atoms with van der Waals surface area (Å²) in [6, 6.07) is 0. The highest BCUT2D eigenvalue weighted by Gasteiger charge is 2.35. The molecule has 0 aromatic rings. The lowest BCUT2D eigenvalue weighted by molar-refractivity contribution is -0.171. The molecular weight excluding hydrogens is 221 g/mol. The zero-order valence-electron chi connectivity index (χ0n) is 9.93. The molecule has 2 nitrogen and oxygen atoms in total. The molecule has 0 aliphatic carbocycles. The van der Waals surface area contributed by atoms with Gasteiger partial charge in [-0.15, -0.1) is 0 Å². The van der Waals surface area contributed by atoms with Gasteiger partial charge in [0.1, 0.15) is 0 Å². The zero-order valence-corrected chi connectivity index (χ0v) is 9.93. The lowest BCUT2D eigenvalue weighted by atomic mass is 9.98. The third kappa shape index (κ3) is 7.54. The predicted molar refractivity (Wildman–Crippen MR) is 54.9 cm³/mol. The van der Waals surface area contributed by atoms with Crippen LogP contribution in [0, 0.1) is 5.92 Å². The maximum absolute atomic E-state index is 12.2. The van der Waals surface area contributed by atoms with Gasteiger partial charge in [-0.1, -0.05) is 19.8 Å². The second-order valence-corrected chi connectivity index (χ2v) is 4.14. The SMILES string of the molecule is CCCCC(CC(F)(F)F)C(=O)OC(C)C. The average molecular weight is 240 g/mol. The van der Waals surface area contributed by atoms with Crippen LogP contribution in [0.15, 0.2) is 0 Å². The molecule has 0 rings (SSSR count). The third-order valence-corrected chi connectivity index (χ3v) is 2.07. The standard InChI is InChI=1S/C11H19F3O2/c1-4-5-6-9(7-11(12,13)14)10(15)16-8(2)3/h8-9H,4-7H2,1-3H3. The van der Waals surface area contributed by atoms with Gasteiger partial charge in [0, 0.05) is 0 Å². The Hall–Kier alpha value is -0.740. The molecule has 0 aromatic heterocycles. The van der Waals surface area contributed by atoms with Gasteiger partial charge < -0.3 is 4.74 Å². The molecule has 0 amide bonds. The fourth-order valence-corrected chi connectivity index (χ4v) is 1.36. The van der Waals surface area contributed by atoms with Crippen LogP contribution in [-0.2, 0) is 9.53 Å². The summed E-state index contributed by atoms with van der Waals surface area (Å²) in [5.74, 6) is -1.79. The molecule has 0 saturated heterocycles. The topological polar surface area (TPSA) is 26.3 Å². The van der Waals surface area contributed by atoms with Gasteiger partial charge in [-0.2, -0.15) is 13.2 Å². The summed E-state index contributed by atoms with van der Waals surface area (Å²) < 4.78 is 41.5. The summed E-state index contributed by atoms with van der Waals surface area (Å²) >= 11 is 0. The normalized spacial score (nSPS) is 13.9. The third-order valence-electron chi connectivity index (χ3n) is 2.07. The van der Waals surface area contributed by atoms with Crippen molar-refractivity contribution in [3.05, 3.63) is 0 Å². The van der Waals surface area contributed by atoms with Crippen LogP contribution in [0.2, 0.25) is 0 Å². The summed E-state index contributed by atoms with van der Waals surface area (Å²) in [6.07, 6.45) is -4.16. The second kappa shape index (κ2) is 6.76. The highest BCUT2D eigenvalue weighted by atomic mass is 19.4. The van der Waals surface area contributed by atoms with Crippen molar-refractivity contribution < 1.29 is 22.7 Å². The van der Waals surface area contributed by atoms with Crippen molar-refractivity contribution in [2.75, 3.05) is 0 Å². The van der Waals surface area contributed by atoms with Crippen LogP contribution in [0.1, 0.15) is 46.5 Å². The van der Waals surface area contributed by atoms with E-state index in [2.05, 4.69) is 0 Å². The average Bonchev–Trinajstić information content (AvgIpc) is 2.09. The molecule has 0 bridgehead atoms. The zero-order chi connectivity index (χ0) is 12.8. The first kappa shape index (κ1) is 15.3. The molecule has 16 heavy (non-hydrogen) atoms. The summed E-state index contributed by atoms with van der Waals surface area (Å²) in [5.41, 5.74) is 0. The van der Waals surface area contributed by atoms with Crippen LogP contribution in [-0.4, -0.2) is 18.2 Å². The van der Waals surface area contributed by atoms with Crippen LogP contribution < -0.4 is 0 Å². The Labute approximate surface area is 94.2 Å². The highest BCUT2D eigenvalue weighted by molar-refractivity contribution is 5.72. The van der Waals surface area contributed by atoms with E-state index in [1.807, 2.05) is 6.92 Å². The van der Waals surface area contributed by atoms with E-state index >= 15 is 0 Å². The van der Waals surface area contributed by atoms with E-state index in [4.69, 9.17) is 4.74 Å². The summed E-state index contributed by atoms with van der Waals surface area (Å²) in [6.45, 7) is 5.13. The number of rotatable bonds is 6.